The van der Waals surface area contributed by atoms with Crippen LogP contribution in [0.3, 0.4) is 0 Å². The Labute approximate surface area is 125 Å². The zero-order chi connectivity index (χ0) is 14.8. The van der Waals surface area contributed by atoms with Crippen LogP contribution >= 0.6 is 0 Å². The van der Waals surface area contributed by atoms with Gasteiger partial charge in [-0.1, -0.05) is 38.1 Å². The van der Waals surface area contributed by atoms with E-state index < -0.39 is 0 Å². The summed E-state index contributed by atoms with van der Waals surface area (Å²) in [6.45, 7) is 6.07. The van der Waals surface area contributed by atoms with Gasteiger partial charge in [0.1, 0.15) is 0 Å². The van der Waals surface area contributed by atoms with Crippen molar-refractivity contribution in [3.05, 3.63) is 42.0 Å². The van der Waals surface area contributed by atoms with Crippen molar-refractivity contribution in [3.8, 4) is 0 Å². The summed E-state index contributed by atoms with van der Waals surface area (Å²) < 4.78 is 0. The Balaban J connectivity index is 1.92. The van der Waals surface area contributed by atoms with E-state index in [-0.39, 0.29) is 5.91 Å². The van der Waals surface area contributed by atoms with Gasteiger partial charge in [-0.25, -0.2) is 0 Å². The number of nitrogens with zero attached hydrogens (tertiary/aromatic N) is 1. The molecule has 110 valence electrons. The molecule has 1 aliphatic rings. The van der Waals surface area contributed by atoms with Crippen molar-refractivity contribution in [2.45, 2.75) is 32.7 Å². The van der Waals surface area contributed by atoms with Gasteiger partial charge in [-0.05, 0) is 36.9 Å². The first-order valence-corrected chi connectivity index (χ1v) is 7.83. The van der Waals surface area contributed by atoms with Gasteiger partial charge in [-0.2, -0.15) is 0 Å². The molecule has 0 fully saturated rings. The second-order valence-electron chi connectivity index (χ2n) is 5.66. The van der Waals surface area contributed by atoms with Gasteiger partial charge in [0, 0.05) is 23.5 Å². The SMILES string of the molecule is CCCNC(CC)CN1C(=O)c2cccc3cccc1c23. The number of hydrogen-bond donors (Lipinski definition) is 1. The quantitative estimate of drug-likeness (QED) is 0.878. The lowest BCUT2D eigenvalue weighted by Gasteiger charge is -2.24. The molecule has 3 heteroatoms. The molecule has 0 bridgehead atoms. The van der Waals surface area contributed by atoms with E-state index in [9.17, 15) is 4.79 Å². The normalized spacial score (nSPS) is 15.0. The van der Waals surface area contributed by atoms with Gasteiger partial charge in [0.15, 0.2) is 0 Å². The van der Waals surface area contributed by atoms with E-state index in [0.29, 0.717) is 6.04 Å². The lowest BCUT2D eigenvalue weighted by Crippen LogP contribution is -2.42. The van der Waals surface area contributed by atoms with E-state index >= 15 is 0 Å². The third-order valence-corrected chi connectivity index (χ3v) is 4.23. The summed E-state index contributed by atoms with van der Waals surface area (Å²) >= 11 is 0. The van der Waals surface area contributed by atoms with Crippen LogP contribution in [0.25, 0.3) is 10.8 Å². The molecule has 1 amide bonds. The Hall–Kier alpha value is -1.87. The van der Waals surface area contributed by atoms with Crippen LogP contribution in [0.4, 0.5) is 5.69 Å². The monoisotopic (exact) mass is 282 g/mol. The maximum absolute atomic E-state index is 12.7. The smallest absolute Gasteiger partial charge is 0.259 e. The molecule has 2 aromatic rings. The minimum absolute atomic E-state index is 0.138. The number of carbonyl (C=O) groups is 1. The highest BCUT2D eigenvalue weighted by molar-refractivity contribution is 6.25. The second-order valence-corrected chi connectivity index (χ2v) is 5.66. The van der Waals surface area contributed by atoms with E-state index in [1.807, 2.05) is 23.1 Å². The molecule has 0 aliphatic carbocycles. The molecule has 1 N–H and O–H groups in total. The molecule has 3 rings (SSSR count). The van der Waals surface area contributed by atoms with E-state index in [0.717, 1.165) is 48.0 Å². The fourth-order valence-electron chi connectivity index (χ4n) is 3.07. The molecule has 1 aliphatic heterocycles. The Bertz CT molecular complexity index is 660. The van der Waals surface area contributed by atoms with Crippen LogP contribution in [0.1, 0.15) is 37.0 Å². The molecule has 1 atom stereocenters. The number of amides is 1. The van der Waals surface area contributed by atoms with Gasteiger partial charge in [-0.3, -0.25) is 4.79 Å². The number of anilines is 1. The number of hydrogen-bond acceptors (Lipinski definition) is 2. The molecule has 3 nitrogen and oxygen atoms in total. The molecule has 1 heterocycles. The van der Waals surface area contributed by atoms with Crippen LogP contribution in [-0.4, -0.2) is 25.0 Å². The zero-order valence-corrected chi connectivity index (χ0v) is 12.7. The van der Waals surface area contributed by atoms with Crippen LogP contribution in [0.15, 0.2) is 36.4 Å². The summed E-state index contributed by atoms with van der Waals surface area (Å²) in [5.41, 5.74) is 1.90. The Morgan fingerprint density at radius 1 is 1.14 bits per heavy atom. The Morgan fingerprint density at radius 2 is 1.90 bits per heavy atom. The zero-order valence-electron chi connectivity index (χ0n) is 12.7. The minimum Gasteiger partial charge on any atom is -0.312 e. The Kier molecular flexibility index (Phi) is 3.93. The van der Waals surface area contributed by atoms with Gasteiger partial charge in [-0.15, -0.1) is 0 Å². The van der Waals surface area contributed by atoms with Crippen LogP contribution < -0.4 is 10.2 Å². The first-order chi connectivity index (χ1) is 10.3. The Morgan fingerprint density at radius 3 is 2.62 bits per heavy atom. The number of benzene rings is 2. The van der Waals surface area contributed by atoms with Crippen molar-refractivity contribution in [3.63, 3.8) is 0 Å². The fraction of sp³-hybridized carbons (Fsp3) is 0.389. The molecule has 0 radical (unpaired) electrons. The fourth-order valence-corrected chi connectivity index (χ4v) is 3.07. The topological polar surface area (TPSA) is 32.3 Å². The summed E-state index contributed by atoms with van der Waals surface area (Å²) in [5.74, 6) is 0.138. The molecule has 2 aromatic carbocycles. The summed E-state index contributed by atoms with van der Waals surface area (Å²) in [6.07, 6.45) is 2.14. The lowest BCUT2D eigenvalue weighted by molar-refractivity contribution is 0.0990. The standard InChI is InChI=1S/C18H22N2O/c1-3-11-19-14(4-2)12-20-16-10-6-8-13-7-5-9-15(17(13)16)18(20)21/h5-10,14,19H,3-4,11-12H2,1-2H3. The van der Waals surface area contributed by atoms with Crippen molar-refractivity contribution in [1.29, 1.82) is 0 Å². The van der Waals surface area contributed by atoms with Crippen molar-refractivity contribution in [2.24, 2.45) is 0 Å². The molecular weight excluding hydrogens is 260 g/mol. The van der Waals surface area contributed by atoms with Crippen molar-refractivity contribution in [2.75, 3.05) is 18.0 Å². The van der Waals surface area contributed by atoms with Crippen LogP contribution in [-0.2, 0) is 0 Å². The van der Waals surface area contributed by atoms with Crippen molar-refractivity contribution < 1.29 is 4.79 Å². The summed E-state index contributed by atoms with van der Waals surface area (Å²) in [6, 6.07) is 12.5. The van der Waals surface area contributed by atoms with Gasteiger partial charge < -0.3 is 10.2 Å². The number of nitrogens with one attached hydrogen (secondary N) is 1. The van der Waals surface area contributed by atoms with Crippen LogP contribution in [0, 0.1) is 0 Å². The van der Waals surface area contributed by atoms with E-state index in [2.05, 4.69) is 37.4 Å². The summed E-state index contributed by atoms with van der Waals surface area (Å²) in [4.78, 5) is 14.6. The first-order valence-electron chi connectivity index (χ1n) is 7.83. The highest BCUT2D eigenvalue weighted by Crippen LogP contribution is 2.37. The molecule has 0 spiro atoms. The summed E-state index contributed by atoms with van der Waals surface area (Å²) in [7, 11) is 0. The molecule has 0 saturated carbocycles. The van der Waals surface area contributed by atoms with Gasteiger partial charge >= 0.3 is 0 Å². The lowest BCUT2D eigenvalue weighted by atomic mass is 10.1. The number of carbonyl (C=O) groups excluding carboxylic acids is 1. The van der Waals surface area contributed by atoms with Gasteiger partial charge in [0.05, 0.1) is 5.69 Å². The van der Waals surface area contributed by atoms with Crippen molar-refractivity contribution >= 4 is 22.4 Å². The highest BCUT2D eigenvalue weighted by Gasteiger charge is 2.30. The first kappa shape index (κ1) is 14.1. The highest BCUT2D eigenvalue weighted by atomic mass is 16.2. The van der Waals surface area contributed by atoms with E-state index in [1.54, 1.807) is 0 Å². The maximum atomic E-state index is 12.7. The van der Waals surface area contributed by atoms with E-state index in [4.69, 9.17) is 0 Å². The average Bonchev–Trinajstić information content (AvgIpc) is 2.79. The predicted molar refractivity (Wildman–Crippen MR) is 88.0 cm³/mol. The number of rotatable bonds is 6. The molecule has 21 heavy (non-hydrogen) atoms. The van der Waals surface area contributed by atoms with E-state index in [1.165, 1.54) is 0 Å². The molecule has 1 unspecified atom stereocenters. The van der Waals surface area contributed by atoms with Gasteiger partial charge in [0.2, 0.25) is 0 Å². The molecule has 0 aromatic heterocycles. The largest absolute Gasteiger partial charge is 0.312 e. The second kappa shape index (κ2) is 5.86. The van der Waals surface area contributed by atoms with Crippen LogP contribution in [0.2, 0.25) is 0 Å². The third kappa shape index (κ3) is 2.42. The predicted octanol–water partition coefficient (Wildman–Crippen LogP) is 3.58. The average molecular weight is 282 g/mol. The van der Waals surface area contributed by atoms with Crippen LogP contribution in [0.5, 0.6) is 0 Å². The third-order valence-electron chi connectivity index (χ3n) is 4.23. The molecular formula is C18H22N2O. The maximum Gasteiger partial charge on any atom is 0.259 e. The summed E-state index contributed by atoms with van der Waals surface area (Å²) in [5, 5.41) is 5.79. The van der Waals surface area contributed by atoms with Crippen molar-refractivity contribution in [1.82, 2.24) is 5.32 Å². The van der Waals surface area contributed by atoms with Gasteiger partial charge in [0.25, 0.3) is 5.91 Å². The molecule has 0 saturated heterocycles. The minimum atomic E-state index is 0.138.